The first-order valence-corrected chi connectivity index (χ1v) is 13.1. The highest BCUT2D eigenvalue weighted by molar-refractivity contribution is 5.26. The summed E-state index contributed by atoms with van der Waals surface area (Å²) in [4.78, 5) is 0. The fourth-order valence-electron chi connectivity index (χ4n) is 7.11. The van der Waals surface area contributed by atoms with Crippen LogP contribution in [0, 0.1) is 29.6 Å². The second kappa shape index (κ2) is 10.8. The van der Waals surface area contributed by atoms with Crippen molar-refractivity contribution in [2.45, 2.75) is 96.8 Å². The second-order valence-electron chi connectivity index (χ2n) is 10.7. The first-order chi connectivity index (χ1) is 14.8. The zero-order valence-corrected chi connectivity index (χ0v) is 19.6. The lowest BCUT2D eigenvalue weighted by atomic mass is 9.60. The molecule has 0 radical (unpaired) electrons. The van der Waals surface area contributed by atoms with Crippen LogP contribution in [0.3, 0.4) is 0 Å². The minimum atomic E-state index is 0.823. The molecule has 4 unspecified atom stereocenters. The molecule has 0 spiro atoms. The molecular weight excluding hydrogens is 360 g/mol. The standard InChI is InChI=1S/C30H44/c1-3-5-6-8-24-11-15-26(16-12-24)28-18-20-29-21-27(17-19-30(29)22-28)25-13-9-23(7-4-2)10-14-25/h3-5,7,11-12,15-16,23,25,27-30H,6,8-10,13-14,17-22H2,1-2H3/b5-3+,7-4+. The highest BCUT2D eigenvalue weighted by Crippen LogP contribution is 2.50. The third-order valence-corrected chi connectivity index (χ3v) is 8.89. The number of fused-ring (bicyclic) bond motifs is 1. The van der Waals surface area contributed by atoms with Gasteiger partial charge in [-0.2, -0.15) is 0 Å². The average molecular weight is 405 g/mol. The van der Waals surface area contributed by atoms with E-state index in [4.69, 9.17) is 0 Å². The van der Waals surface area contributed by atoms with E-state index in [1.54, 1.807) is 12.0 Å². The van der Waals surface area contributed by atoms with Crippen LogP contribution in [0.5, 0.6) is 0 Å². The number of benzene rings is 1. The maximum absolute atomic E-state index is 2.46. The molecule has 0 heterocycles. The number of allylic oxidation sites excluding steroid dienone is 4. The molecule has 164 valence electrons. The van der Waals surface area contributed by atoms with Gasteiger partial charge in [-0.05, 0) is 138 Å². The molecule has 3 aliphatic rings. The number of aryl methyl sites for hydroxylation is 1. The maximum atomic E-state index is 2.46. The molecule has 0 heteroatoms. The molecule has 0 N–H and O–H groups in total. The predicted molar refractivity (Wildman–Crippen MR) is 131 cm³/mol. The zero-order chi connectivity index (χ0) is 20.8. The fraction of sp³-hybridized carbons (Fsp3) is 0.667. The van der Waals surface area contributed by atoms with E-state index in [0.717, 1.165) is 35.5 Å². The summed E-state index contributed by atoms with van der Waals surface area (Å²) in [6.45, 7) is 4.30. The van der Waals surface area contributed by atoms with Gasteiger partial charge in [-0.3, -0.25) is 0 Å². The Balaban J connectivity index is 1.26. The summed E-state index contributed by atoms with van der Waals surface area (Å²) in [5.74, 6) is 5.84. The van der Waals surface area contributed by atoms with Crippen molar-refractivity contribution in [2.24, 2.45) is 29.6 Å². The third kappa shape index (κ3) is 5.49. The molecule has 0 amide bonds. The Labute approximate surface area is 186 Å². The Morgan fingerprint density at radius 1 is 0.700 bits per heavy atom. The minimum Gasteiger partial charge on any atom is -0.0917 e. The predicted octanol–water partition coefficient (Wildman–Crippen LogP) is 8.88. The van der Waals surface area contributed by atoms with Crippen LogP contribution in [-0.2, 0) is 6.42 Å². The van der Waals surface area contributed by atoms with Crippen LogP contribution < -0.4 is 0 Å². The summed E-state index contributed by atoms with van der Waals surface area (Å²) < 4.78 is 0. The maximum Gasteiger partial charge on any atom is -0.0159 e. The molecule has 4 atom stereocenters. The van der Waals surface area contributed by atoms with Gasteiger partial charge in [0.25, 0.3) is 0 Å². The molecule has 0 aliphatic heterocycles. The lowest BCUT2D eigenvalue weighted by Crippen LogP contribution is -2.34. The molecule has 1 aromatic rings. The van der Waals surface area contributed by atoms with Crippen LogP contribution >= 0.6 is 0 Å². The van der Waals surface area contributed by atoms with E-state index < -0.39 is 0 Å². The van der Waals surface area contributed by atoms with Gasteiger partial charge in [0.05, 0.1) is 0 Å². The van der Waals surface area contributed by atoms with Gasteiger partial charge in [0, 0.05) is 0 Å². The Morgan fingerprint density at radius 2 is 1.33 bits per heavy atom. The highest BCUT2D eigenvalue weighted by Gasteiger charge is 2.38. The molecule has 0 bridgehead atoms. The van der Waals surface area contributed by atoms with Gasteiger partial charge >= 0.3 is 0 Å². The molecule has 3 fully saturated rings. The van der Waals surface area contributed by atoms with Crippen molar-refractivity contribution in [3.8, 4) is 0 Å². The van der Waals surface area contributed by atoms with Crippen molar-refractivity contribution in [1.82, 2.24) is 0 Å². The van der Waals surface area contributed by atoms with Crippen LogP contribution in [0.1, 0.15) is 102 Å². The quantitative estimate of drug-likeness (QED) is 0.415. The van der Waals surface area contributed by atoms with Gasteiger partial charge in [-0.25, -0.2) is 0 Å². The largest absolute Gasteiger partial charge is 0.0917 e. The molecule has 1 aromatic carbocycles. The molecule has 0 nitrogen and oxygen atoms in total. The zero-order valence-electron chi connectivity index (χ0n) is 19.6. The first kappa shape index (κ1) is 21.9. The molecule has 3 aliphatic carbocycles. The third-order valence-electron chi connectivity index (χ3n) is 8.89. The van der Waals surface area contributed by atoms with Crippen LogP contribution in [0.15, 0.2) is 48.6 Å². The number of rotatable bonds is 6. The van der Waals surface area contributed by atoms with E-state index in [1.165, 1.54) is 76.2 Å². The monoisotopic (exact) mass is 404 g/mol. The molecule has 0 aromatic heterocycles. The molecule has 0 saturated heterocycles. The summed E-state index contributed by atoms with van der Waals surface area (Å²) in [5.41, 5.74) is 3.11. The Morgan fingerprint density at radius 3 is 2.03 bits per heavy atom. The average Bonchev–Trinajstić information content (AvgIpc) is 2.80. The smallest absolute Gasteiger partial charge is 0.0159 e. The number of hydrogen-bond acceptors (Lipinski definition) is 0. The van der Waals surface area contributed by atoms with Crippen LogP contribution in [0.2, 0.25) is 0 Å². The fourth-order valence-corrected chi connectivity index (χ4v) is 7.11. The lowest BCUT2D eigenvalue weighted by molar-refractivity contribution is 0.0748. The van der Waals surface area contributed by atoms with Crippen molar-refractivity contribution in [3.63, 3.8) is 0 Å². The van der Waals surface area contributed by atoms with E-state index >= 15 is 0 Å². The summed E-state index contributed by atoms with van der Waals surface area (Å²) in [5, 5.41) is 0. The Hall–Kier alpha value is -1.30. The van der Waals surface area contributed by atoms with Gasteiger partial charge in [0.15, 0.2) is 0 Å². The van der Waals surface area contributed by atoms with Crippen molar-refractivity contribution < 1.29 is 0 Å². The summed E-state index contributed by atoms with van der Waals surface area (Å²) in [6.07, 6.45) is 26.4. The van der Waals surface area contributed by atoms with E-state index in [2.05, 4.69) is 62.4 Å². The van der Waals surface area contributed by atoms with Gasteiger partial charge in [-0.1, -0.05) is 48.6 Å². The number of hydrogen-bond donors (Lipinski definition) is 0. The van der Waals surface area contributed by atoms with E-state index in [0.29, 0.717) is 0 Å². The second-order valence-corrected chi connectivity index (χ2v) is 10.7. The van der Waals surface area contributed by atoms with Gasteiger partial charge in [0.2, 0.25) is 0 Å². The molecule has 3 saturated carbocycles. The summed E-state index contributed by atoms with van der Waals surface area (Å²) in [7, 11) is 0. The Kier molecular flexibility index (Phi) is 7.91. The van der Waals surface area contributed by atoms with Gasteiger partial charge in [-0.15, -0.1) is 0 Å². The van der Waals surface area contributed by atoms with E-state index in [9.17, 15) is 0 Å². The van der Waals surface area contributed by atoms with Crippen LogP contribution in [0.4, 0.5) is 0 Å². The molecule has 30 heavy (non-hydrogen) atoms. The summed E-state index contributed by atoms with van der Waals surface area (Å²) in [6, 6.07) is 9.69. The summed E-state index contributed by atoms with van der Waals surface area (Å²) >= 11 is 0. The van der Waals surface area contributed by atoms with Crippen molar-refractivity contribution in [2.75, 3.05) is 0 Å². The van der Waals surface area contributed by atoms with Crippen molar-refractivity contribution in [1.29, 1.82) is 0 Å². The minimum absolute atomic E-state index is 0.823. The van der Waals surface area contributed by atoms with E-state index in [-0.39, 0.29) is 0 Å². The topological polar surface area (TPSA) is 0 Å². The van der Waals surface area contributed by atoms with Gasteiger partial charge < -0.3 is 0 Å². The SMILES string of the molecule is C/C=C/CCc1ccc(C2CCC3CC(C4CCC(/C=C/C)CC4)CCC3C2)cc1. The van der Waals surface area contributed by atoms with Gasteiger partial charge in [0.1, 0.15) is 0 Å². The van der Waals surface area contributed by atoms with Crippen LogP contribution in [-0.4, -0.2) is 0 Å². The highest BCUT2D eigenvalue weighted by atomic mass is 14.4. The van der Waals surface area contributed by atoms with E-state index in [1.807, 2.05) is 0 Å². The first-order valence-electron chi connectivity index (χ1n) is 13.1. The van der Waals surface area contributed by atoms with Crippen LogP contribution in [0.25, 0.3) is 0 Å². The van der Waals surface area contributed by atoms with Crippen molar-refractivity contribution in [3.05, 3.63) is 59.7 Å². The van der Waals surface area contributed by atoms with Crippen molar-refractivity contribution >= 4 is 0 Å². The molecule has 4 rings (SSSR count). The molecular formula is C30H44. The normalized spacial score (nSPS) is 35.0. The Bertz CT molecular complexity index is 685. The lowest BCUT2D eigenvalue weighted by Gasteiger charge is -2.45.